The smallest absolute Gasteiger partial charge is 0.258 e. The molecule has 0 aliphatic heterocycles. The highest BCUT2D eigenvalue weighted by atomic mass is 16.5. The molecule has 1 atom stereocenters. The van der Waals surface area contributed by atoms with Crippen molar-refractivity contribution in [2.45, 2.75) is 25.8 Å². The molecule has 0 spiro atoms. The highest BCUT2D eigenvalue weighted by Gasteiger charge is 2.15. The van der Waals surface area contributed by atoms with Crippen LogP contribution < -0.4 is 10.1 Å². The summed E-state index contributed by atoms with van der Waals surface area (Å²) in [4.78, 5) is 24.0. The average molecular weight is 361 g/mol. The molecular weight excluding hydrogens is 338 g/mol. The minimum atomic E-state index is -0.206. The first-order valence-electron chi connectivity index (χ1n) is 9.17. The van der Waals surface area contributed by atoms with Crippen LogP contribution in [0.1, 0.15) is 41.7 Å². The van der Waals surface area contributed by atoms with E-state index < -0.39 is 0 Å². The number of carbonyl (C=O) groups is 2. The highest BCUT2D eigenvalue weighted by Crippen LogP contribution is 2.26. The van der Waals surface area contributed by atoms with Gasteiger partial charge in [0.1, 0.15) is 5.75 Å². The van der Waals surface area contributed by atoms with Gasteiger partial charge in [0.25, 0.3) is 5.91 Å². The Morgan fingerprint density at radius 3 is 2.52 bits per heavy atom. The summed E-state index contributed by atoms with van der Waals surface area (Å²) >= 11 is 0. The van der Waals surface area contributed by atoms with Crippen LogP contribution >= 0.6 is 0 Å². The van der Waals surface area contributed by atoms with Crippen LogP contribution in [-0.4, -0.2) is 18.8 Å². The summed E-state index contributed by atoms with van der Waals surface area (Å²) < 4.78 is 5.67. The maximum atomic E-state index is 12.4. The standard InChI is InChI=1S/C23H23NO3/c1-2-8-21(18-10-4-3-5-11-18)24-23(26)16-27-22-14-13-17-9-6-7-12-19(17)20(22)15-25/h3-7,9-15,21H,2,8,16H2,1H3,(H,24,26). The van der Waals surface area contributed by atoms with Gasteiger partial charge in [-0.05, 0) is 28.8 Å². The topological polar surface area (TPSA) is 55.4 Å². The molecule has 1 unspecified atom stereocenters. The highest BCUT2D eigenvalue weighted by molar-refractivity contribution is 6.00. The molecule has 4 heteroatoms. The van der Waals surface area contributed by atoms with Crippen molar-refractivity contribution in [2.75, 3.05) is 6.61 Å². The second-order valence-electron chi connectivity index (χ2n) is 6.42. The fraction of sp³-hybridized carbons (Fsp3) is 0.217. The third-order valence-electron chi connectivity index (χ3n) is 4.52. The van der Waals surface area contributed by atoms with Crippen molar-refractivity contribution in [1.82, 2.24) is 5.32 Å². The van der Waals surface area contributed by atoms with Gasteiger partial charge in [0.05, 0.1) is 11.6 Å². The normalized spacial score (nSPS) is 11.7. The largest absolute Gasteiger partial charge is 0.483 e. The monoisotopic (exact) mass is 361 g/mol. The van der Waals surface area contributed by atoms with Gasteiger partial charge in [0.2, 0.25) is 0 Å². The van der Waals surface area contributed by atoms with Gasteiger partial charge in [-0.2, -0.15) is 0 Å². The first kappa shape index (κ1) is 18.6. The van der Waals surface area contributed by atoms with Gasteiger partial charge >= 0.3 is 0 Å². The molecule has 1 amide bonds. The summed E-state index contributed by atoms with van der Waals surface area (Å²) in [6.45, 7) is 1.95. The summed E-state index contributed by atoms with van der Waals surface area (Å²) in [5.74, 6) is 0.216. The zero-order valence-electron chi connectivity index (χ0n) is 15.4. The Morgan fingerprint density at radius 1 is 1.04 bits per heavy atom. The number of benzene rings is 3. The SMILES string of the molecule is CCCC(NC(=O)COc1ccc2ccccc2c1C=O)c1ccccc1. The number of amides is 1. The second kappa shape index (κ2) is 8.99. The Morgan fingerprint density at radius 2 is 1.78 bits per heavy atom. The van der Waals surface area contributed by atoms with Gasteiger partial charge < -0.3 is 10.1 Å². The molecule has 0 saturated carbocycles. The Bertz CT molecular complexity index is 921. The van der Waals surface area contributed by atoms with Crippen LogP contribution in [-0.2, 0) is 4.79 Å². The van der Waals surface area contributed by atoms with Gasteiger partial charge in [0, 0.05) is 0 Å². The molecule has 0 saturated heterocycles. The molecule has 0 aliphatic rings. The van der Waals surface area contributed by atoms with E-state index >= 15 is 0 Å². The van der Waals surface area contributed by atoms with E-state index in [1.54, 1.807) is 6.07 Å². The van der Waals surface area contributed by atoms with Gasteiger partial charge in [-0.1, -0.05) is 74.0 Å². The molecule has 4 nitrogen and oxygen atoms in total. The van der Waals surface area contributed by atoms with Crippen LogP contribution in [0.2, 0.25) is 0 Å². The maximum Gasteiger partial charge on any atom is 0.258 e. The average Bonchev–Trinajstić information content (AvgIpc) is 2.72. The van der Waals surface area contributed by atoms with E-state index in [0.29, 0.717) is 11.3 Å². The van der Waals surface area contributed by atoms with Gasteiger partial charge in [-0.15, -0.1) is 0 Å². The zero-order chi connectivity index (χ0) is 19.1. The molecular formula is C23H23NO3. The predicted molar refractivity (Wildman–Crippen MR) is 107 cm³/mol. The third kappa shape index (κ3) is 4.53. The minimum Gasteiger partial charge on any atom is -0.483 e. The molecule has 0 aromatic heterocycles. The Kier molecular flexibility index (Phi) is 6.21. The lowest BCUT2D eigenvalue weighted by Gasteiger charge is -2.19. The third-order valence-corrected chi connectivity index (χ3v) is 4.52. The quantitative estimate of drug-likeness (QED) is 0.592. The Labute approximate surface area is 159 Å². The summed E-state index contributed by atoms with van der Waals surface area (Å²) in [6, 6.07) is 21.1. The molecule has 0 aliphatic carbocycles. The summed E-state index contributed by atoms with van der Waals surface area (Å²) in [6.07, 6.45) is 2.59. The summed E-state index contributed by atoms with van der Waals surface area (Å²) in [5, 5.41) is 4.81. The van der Waals surface area contributed by atoms with Crippen LogP contribution in [0.15, 0.2) is 66.7 Å². The van der Waals surface area contributed by atoms with Gasteiger partial charge in [-0.3, -0.25) is 9.59 Å². The van der Waals surface area contributed by atoms with Crippen molar-refractivity contribution < 1.29 is 14.3 Å². The van der Waals surface area contributed by atoms with Crippen molar-refractivity contribution in [2.24, 2.45) is 0 Å². The van der Waals surface area contributed by atoms with Crippen LogP contribution in [0, 0.1) is 0 Å². The lowest BCUT2D eigenvalue weighted by molar-refractivity contribution is -0.123. The van der Waals surface area contributed by atoms with E-state index in [9.17, 15) is 9.59 Å². The number of nitrogens with one attached hydrogen (secondary N) is 1. The molecule has 3 rings (SSSR count). The lowest BCUT2D eigenvalue weighted by Crippen LogP contribution is -2.32. The van der Waals surface area contributed by atoms with E-state index in [4.69, 9.17) is 4.74 Å². The van der Waals surface area contributed by atoms with E-state index in [-0.39, 0.29) is 18.6 Å². The molecule has 27 heavy (non-hydrogen) atoms. The lowest BCUT2D eigenvalue weighted by atomic mass is 10.0. The van der Waals surface area contributed by atoms with Gasteiger partial charge in [-0.25, -0.2) is 0 Å². The molecule has 138 valence electrons. The van der Waals surface area contributed by atoms with E-state index in [2.05, 4.69) is 12.2 Å². The Balaban J connectivity index is 1.70. The first-order chi connectivity index (χ1) is 13.2. The maximum absolute atomic E-state index is 12.4. The molecule has 3 aromatic carbocycles. The van der Waals surface area contributed by atoms with Crippen molar-refractivity contribution in [3.8, 4) is 5.75 Å². The number of fused-ring (bicyclic) bond motifs is 1. The number of ether oxygens (including phenoxy) is 1. The second-order valence-corrected chi connectivity index (χ2v) is 6.42. The summed E-state index contributed by atoms with van der Waals surface area (Å²) in [5.41, 5.74) is 1.54. The number of hydrogen-bond acceptors (Lipinski definition) is 3. The fourth-order valence-electron chi connectivity index (χ4n) is 3.20. The number of aldehydes is 1. The van der Waals surface area contributed by atoms with Gasteiger partial charge in [0.15, 0.2) is 12.9 Å². The predicted octanol–water partition coefficient (Wildman–Crippen LogP) is 4.69. The van der Waals surface area contributed by atoms with Crippen LogP contribution in [0.25, 0.3) is 10.8 Å². The Hall–Kier alpha value is -3.14. The minimum absolute atomic E-state index is 0.0468. The van der Waals surface area contributed by atoms with Crippen molar-refractivity contribution in [3.05, 3.63) is 77.9 Å². The number of hydrogen-bond donors (Lipinski definition) is 1. The molecule has 0 bridgehead atoms. The molecule has 3 aromatic rings. The summed E-state index contributed by atoms with van der Waals surface area (Å²) in [7, 11) is 0. The molecule has 0 fully saturated rings. The van der Waals surface area contributed by atoms with Crippen LogP contribution in [0.4, 0.5) is 0 Å². The number of rotatable bonds is 8. The van der Waals surface area contributed by atoms with Crippen molar-refractivity contribution in [1.29, 1.82) is 0 Å². The van der Waals surface area contributed by atoms with Crippen molar-refractivity contribution in [3.63, 3.8) is 0 Å². The zero-order valence-corrected chi connectivity index (χ0v) is 15.4. The fourth-order valence-corrected chi connectivity index (χ4v) is 3.20. The van der Waals surface area contributed by atoms with E-state index in [0.717, 1.165) is 35.5 Å². The molecule has 1 N–H and O–H groups in total. The van der Waals surface area contributed by atoms with E-state index in [1.165, 1.54) is 0 Å². The van der Waals surface area contributed by atoms with Crippen molar-refractivity contribution >= 4 is 23.0 Å². The van der Waals surface area contributed by atoms with Crippen LogP contribution in [0.3, 0.4) is 0 Å². The molecule has 0 radical (unpaired) electrons. The molecule has 0 heterocycles. The first-order valence-corrected chi connectivity index (χ1v) is 9.17. The van der Waals surface area contributed by atoms with E-state index in [1.807, 2.05) is 60.7 Å². The number of carbonyl (C=O) groups excluding carboxylic acids is 2. The van der Waals surface area contributed by atoms with Crippen LogP contribution in [0.5, 0.6) is 5.75 Å².